The standard InChI is InChI=1S/C16H18ClF3N6O2/c17-13-11(7-21-26(15(13)27)9-16(18,19)20)25-5-3-24(4-6-25)8-12-22-23-14(28-12)10-1-2-10/h7,10H,1-6,8-9H2. The van der Waals surface area contributed by atoms with E-state index in [2.05, 4.69) is 20.2 Å². The summed E-state index contributed by atoms with van der Waals surface area (Å²) >= 11 is 6.04. The minimum absolute atomic E-state index is 0.251. The van der Waals surface area contributed by atoms with Crippen molar-refractivity contribution in [3.63, 3.8) is 0 Å². The van der Waals surface area contributed by atoms with Crippen LogP contribution in [0.4, 0.5) is 18.9 Å². The van der Waals surface area contributed by atoms with Crippen LogP contribution in [0, 0.1) is 0 Å². The van der Waals surface area contributed by atoms with Crippen molar-refractivity contribution >= 4 is 17.3 Å². The zero-order valence-electron chi connectivity index (χ0n) is 14.8. The van der Waals surface area contributed by atoms with Crippen molar-refractivity contribution in [3.05, 3.63) is 33.4 Å². The van der Waals surface area contributed by atoms with E-state index in [9.17, 15) is 18.0 Å². The summed E-state index contributed by atoms with van der Waals surface area (Å²) in [5.41, 5.74) is -0.601. The smallest absolute Gasteiger partial charge is 0.408 e. The maximum atomic E-state index is 12.5. The Kier molecular flexibility index (Phi) is 5.04. The molecule has 1 aliphatic carbocycles. The van der Waals surface area contributed by atoms with Gasteiger partial charge in [-0.3, -0.25) is 9.69 Å². The second kappa shape index (κ2) is 7.36. The molecule has 1 aliphatic heterocycles. The van der Waals surface area contributed by atoms with E-state index in [0.29, 0.717) is 60.8 Å². The van der Waals surface area contributed by atoms with E-state index in [4.69, 9.17) is 16.0 Å². The first kappa shape index (κ1) is 19.2. The number of anilines is 1. The van der Waals surface area contributed by atoms with Crippen molar-refractivity contribution in [1.82, 2.24) is 24.9 Å². The monoisotopic (exact) mass is 418 g/mol. The largest absolute Gasteiger partial charge is 0.424 e. The van der Waals surface area contributed by atoms with Gasteiger partial charge in [0, 0.05) is 32.1 Å². The quantitative estimate of drug-likeness (QED) is 0.735. The predicted molar refractivity (Wildman–Crippen MR) is 93.3 cm³/mol. The molecule has 12 heteroatoms. The van der Waals surface area contributed by atoms with E-state index in [-0.39, 0.29) is 5.02 Å². The van der Waals surface area contributed by atoms with Crippen LogP contribution in [0.25, 0.3) is 0 Å². The van der Waals surface area contributed by atoms with Crippen molar-refractivity contribution in [2.45, 2.75) is 38.0 Å². The molecule has 152 valence electrons. The third-order valence-corrected chi connectivity index (χ3v) is 5.13. The third kappa shape index (κ3) is 4.30. The van der Waals surface area contributed by atoms with Gasteiger partial charge in [-0.15, -0.1) is 10.2 Å². The van der Waals surface area contributed by atoms with Gasteiger partial charge in [0.05, 0.1) is 18.4 Å². The molecule has 0 unspecified atom stereocenters. The predicted octanol–water partition coefficient (Wildman–Crippen LogP) is 2.04. The maximum Gasteiger partial charge on any atom is 0.408 e. The number of piperazine rings is 1. The topological polar surface area (TPSA) is 80.3 Å². The summed E-state index contributed by atoms with van der Waals surface area (Å²) in [6.45, 7) is 1.48. The summed E-state index contributed by atoms with van der Waals surface area (Å²) in [7, 11) is 0. The molecule has 2 aromatic heterocycles. The van der Waals surface area contributed by atoms with Crippen LogP contribution in [-0.2, 0) is 13.1 Å². The normalized spacial score (nSPS) is 18.6. The summed E-state index contributed by atoms with van der Waals surface area (Å²) in [6.07, 6.45) is -1.14. The lowest BCUT2D eigenvalue weighted by Gasteiger charge is -2.35. The second-order valence-electron chi connectivity index (χ2n) is 6.99. The SMILES string of the molecule is O=c1c(Cl)c(N2CCN(Cc3nnc(C4CC4)o3)CC2)cnn1CC(F)(F)F. The third-order valence-electron chi connectivity index (χ3n) is 4.78. The van der Waals surface area contributed by atoms with Crippen molar-refractivity contribution in [3.8, 4) is 0 Å². The molecule has 0 N–H and O–H groups in total. The number of rotatable bonds is 5. The molecule has 2 aromatic rings. The Hall–Kier alpha value is -2.14. The molecule has 2 aliphatic rings. The number of alkyl halides is 3. The van der Waals surface area contributed by atoms with Crippen molar-refractivity contribution in [2.75, 3.05) is 31.1 Å². The Bertz CT molecular complexity index is 903. The number of aromatic nitrogens is 4. The summed E-state index contributed by atoms with van der Waals surface area (Å²) < 4.78 is 43.5. The van der Waals surface area contributed by atoms with Crippen molar-refractivity contribution in [2.24, 2.45) is 0 Å². The van der Waals surface area contributed by atoms with E-state index < -0.39 is 18.3 Å². The van der Waals surface area contributed by atoms with E-state index >= 15 is 0 Å². The highest BCUT2D eigenvalue weighted by Gasteiger charge is 2.31. The summed E-state index contributed by atoms with van der Waals surface area (Å²) in [4.78, 5) is 16.1. The van der Waals surface area contributed by atoms with Crippen LogP contribution in [0.2, 0.25) is 5.02 Å². The van der Waals surface area contributed by atoms with Gasteiger partial charge in [-0.05, 0) is 12.8 Å². The first-order valence-corrected chi connectivity index (χ1v) is 9.30. The first-order chi connectivity index (χ1) is 13.3. The summed E-state index contributed by atoms with van der Waals surface area (Å²) in [5.74, 6) is 1.68. The average Bonchev–Trinajstić information content (AvgIpc) is 3.39. The molecule has 0 spiro atoms. The molecule has 0 aromatic carbocycles. The maximum absolute atomic E-state index is 12.5. The van der Waals surface area contributed by atoms with E-state index in [1.165, 1.54) is 6.20 Å². The Labute approximate surface area is 162 Å². The van der Waals surface area contributed by atoms with E-state index in [1.54, 1.807) is 0 Å². The van der Waals surface area contributed by atoms with Crippen LogP contribution in [0.5, 0.6) is 0 Å². The molecule has 1 saturated carbocycles. The number of halogens is 4. The lowest BCUT2D eigenvalue weighted by molar-refractivity contribution is -0.143. The van der Waals surface area contributed by atoms with Gasteiger partial charge in [-0.25, -0.2) is 4.68 Å². The molecule has 0 radical (unpaired) electrons. The average molecular weight is 419 g/mol. The lowest BCUT2D eigenvalue weighted by Crippen LogP contribution is -2.46. The van der Waals surface area contributed by atoms with Gasteiger partial charge in [0.25, 0.3) is 5.56 Å². The number of hydrogen-bond donors (Lipinski definition) is 0. The van der Waals surface area contributed by atoms with Gasteiger partial charge in [-0.2, -0.15) is 18.3 Å². The van der Waals surface area contributed by atoms with Crippen LogP contribution in [0.15, 0.2) is 15.4 Å². The Morgan fingerprint density at radius 2 is 1.89 bits per heavy atom. The molecule has 0 atom stereocenters. The first-order valence-electron chi connectivity index (χ1n) is 8.92. The van der Waals surface area contributed by atoms with Gasteiger partial charge >= 0.3 is 6.18 Å². The van der Waals surface area contributed by atoms with Crippen LogP contribution in [0.1, 0.15) is 30.5 Å². The Balaban J connectivity index is 1.37. The minimum Gasteiger partial charge on any atom is -0.424 e. The highest BCUT2D eigenvalue weighted by Crippen LogP contribution is 2.39. The second-order valence-corrected chi connectivity index (χ2v) is 7.37. The summed E-state index contributed by atoms with van der Waals surface area (Å²) in [6, 6.07) is 0. The Morgan fingerprint density at radius 1 is 1.18 bits per heavy atom. The molecule has 28 heavy (non-hydrogen) atoms. The van der Waals surface area contributed by atoms with Crippen molar-refractivity contribution < 1.29 is 17.6 Å². The molecule has 0 bridgehead atoms. The van der Waals surface area contributed by atoms with Gasteiger partial charge in [-0.1, -0.05) is 11.6 Å². The Morgan fingerprint density at radius 3 is 2.54 bits per heavy atom. The highest BCUT2D eigenvalue weighted by molar-refractivity contribution is 6.33. The number of nitrogens with zero attached hydrogens (tertiary/aromatic N) is 6. The molecule has 0 amide bonds. The highest BCUT2D eigenvalue weighted by atomic mass is 35.5. The molecule has 3 heterocycles. The molecule has 8 nitrogen and oxygen atoms in total. The van der Waals surface area contributed by atoms with Crippen molar-refractivity contribution in [1.29, 1.82) is 0 Å². The summed E-state index contributed by atoms with van der Waals surface area (Å²) in [5, 5.41) is 11.5. The van der Waals surface area contributed by atoms with Gasteiger partial charge in [0.1, 0.15) is 11.6 Å². The number of hydrogen-bond acceptors (Lipinski definition) is 7. The van der Waals surface area contributed by atoms with Crippen LogP contribution < -0.4 is 10.5 Å². The molecular weight excluding hydrogens is 401 g/mol. The molecule has 2 fully saturated rings. The zero-order valence-corrected chi connectivity index (χ0v) is 15.6. The lowest BCUT2D eigenvalue weighted by atomic mass is 10.3. The molecule has 4 rings (SSSR count). The fraction of sp³-hybridized carbons (Fsp3) is 0.625. The fourth-order valence-electron chi connectivity index (χ4n) is 3.12. The van der Waals surface area contributed by atoms with Gasteiger partial charge in [0.15, 0.2) is 0 Å². The van der Waals surface area contributed by atoms with Crippen LogP contribution >= 0.6 is 11.6 Å². The van der Waals surface area contributed by atoms with Gasteiger partial charge in [0.2, 0.25) is 11.8 Å². The fourth-order valence-corrected chi connectivity index (χ4v) is 3.39. The van der Waals surface area contributed by atoms with Crippen LogP contribution in [0.3, 0.4) is 0 Å². The molecular formula is C16H18ClF3N6O2. The zero-order chi connectivity index (χ0) is 19.9. The van der Waals surface area contributed by atoms with Gasteiger partial charge < -0.3 is 9.32 Å². The van der Waals surface area contributed by atoms with Crippen LogP contribution in [-0.4, -0.2) is 57.2 Å². The van der Waals surface area contributed by atoms with E-state index in [1.807, 2.05) is 4.90 Å². The minimum atomic E-state index is -4.54. The molecule has 1 saturated heterocycles. The van der Waals surface area contributed by atoms with E-state index in [0.717, 1.165) is 12.8 Å².